The summed E-state index contributed by atoms with van der Waals surface area (Å²) < 4.78 is 28.0. The lowest BCUT2D eigenvalue weighted by molar-refractivity contribution is 0.101. The minimum Gasteiger partial charge on any atom is -0.398 e. The maximum Gasteiger partial charge on any atom is 0.163 e. The van der Waals surface area contributed by atoms with E-state index in [2.05, 4.69) is 4.98 Å². The van der Waals surface area contributed by atoms with Gasteiger partial charge < -0.3 is 5.73 Å². The van der Waals surface area contributed by atoms with Gasteiger partial charge in [0.1, 0.15) is 11.6 Å². The van der Waals surface area contributed by atoms with Crippen molar-refractivity contribution in [2.45, 2.75) is 13.8 Å². The van der Waals surface area contributed by atoms with Gasteiger partial charge in [-0.25, -0.2) is 8.78 Å². The first kappa shape index (κ1) is 15.1. The van der Waals surface area contributed by atoms with E-state index in [9.17, 15) is 13.6 Å². The number of Topliss-reactive ketones (excluding diaryl/α,β-unsaturated/α-hetero) is 1. The van der Waals surface area contributed by atoms with Crippen LogP contribution in [0.15, 0.2) is 36.5 Å². The Morgan fingerprint density at radius 2 is 1.87 bits per heavy atom. The summed E-state index contributed by atoms with van der Waals surface area (Å²) >= 11 is 0. The van der Waals surface area contributed by atoms with Gasteiger partial charge in [-0.3, -0.25) is 9.78 Å². The Labute approximate surface area is 131 Å². The fourth-order valence-electron chi connectivity index (χ4n) is 2.63. The van der Waals surface area contributed by atoms with E-state index in [-0.39, 0.29) is 22.6 Å². The summed E-state index contributed by atoms with van der Waals surface area (Å²) in [5.74, 6) is -1.18. The van der Waals surface area contributed by atoms with Crippen LogP contribution in [0.1, 0.15) is 22.8 Å². The van der Waals surface area contributed by atoms with Crippen molar-refractivity contribution in [3.63, 3.8) is 0 Å². The fourth-order valence-corrected chi connectivity index (χ4v) is 2.63. The second-order valence-corrected chi connectivity index (χ2v) is 5.51. The van der Waals surface area contributed by atoms with Crippen molar-refractivity contribution in [3.8, 4) is 11.1 Å². The zero-order valence-electron chi connectivity index (χ0n) is 12.7. The molecule has 116 valence electrons. The Kier molecular flexibility index (Phi) is 3.56. The summed E-state index contributed by atoms with van der Waals surface area (Å²) in [5.41, 5.74) is 8.21. The number of benzene rings is 2. The third kappa shape index (κ3) is 2.65. The van der Waals surface area contributed by atoms with Crippen LogP contribution in [-0.2, 0) is 0 Å². The van der Waals surface area contributed by atoms with Crippen LogP contribution in [-0.4, -0.2) is 10.8 Å². The number of halogens is 2. The second-order valence-electron chi connectivity index (χ2n) is 5.51. The van der Waals surface area contributed by atoms with E-state index >= 15 is 0 Å². The van der Waals surface area contributed by atoms with Gasteiger partial charge in [-0.2, -0.15) is 0 Å². The molecule has 0 spiro atoms. The van der Waals surface area contributed by atoms with E-state index < -0.39 is 11.6 Å². The van der Waals surface area contributed by atoms with Crippen LogP contribution in [0.25, 0.3) is 22.0 Å². The summed E-state index contributed by atoms with van der Waals surface area (Å²) in [6.45, 7) is 3.12. The van der Waals surface area contributed by atoms with Crippen LogP contribution in [0.2, 0.25) is 0 Å². The first-order valence-electron chi connectivity index (χ1n) is 7.03. The molecule has 0 saturated carbocycles. The number of carbonyl (C=O) groups is 1. The van der Waals surface area contributed by atoms with Gasteiger partial charge in [0.25, 0.3) is 0 Å². The molecule has 1 heterocycles. The third-order valence-electron chi connectivity index (χ3n) is 3.73. The Morgan fingerprint density at radius 1 is 1.13 bits per heavy atom. The minimum atomic E-state index is -0.523. The Bertz CT molecular complexity index is 931. The number of aromatic nitrogens is 1. The number of anilines is 1. The normalized spacial score (nSPS) is 11.0. The van der Waals surface area contributed by atoms with Crippen molar-refractivity contribution in [1.29, 1.82) is 0 Å². The number of ketones is 1. The van der Waals surface area contributed by atoms with E-state index in [4.69, 9.17) is 5.73 Å². The molecule has 0 radical (unpaired) electrons. The van der Waals surface area contributed by atoms with E-state index in [1.54, 1.807) is 13.0 Å². The monoisotopic (exact) mass is 312 g/mol. The first-order valence-corrected chi connectivity index (χ1v) is 7.03. The fraction of sp³-hybridized carbons (Fsp3) is 0.111. The van der Waals surface area contributed by atoms with Gasteiger partial charge in [0.15, 0.2) is 5.78 Å². The molecule has 23 heavy (non-hydrogen) atoms. The SMILES string of the molecule is CC(=O)c1cnc2cc(F)c(-c3cc(C)cc(F)c3)cc2c1N. The number of hydrogen-bond donors (Lipinski definition) is 1. The average Bonchev–Trinajstić information content (AvgIpc) is 2.45. The number of hydrogen-bond acceptors (Lipinski definition) is 3. The summed E-state index contributed by atoms with van der Waals surface area (Å²) in [5, 5.41) is 0.469. The zero-order valence-corrected chi connectivity index (χ0v) is 12.7. The highest BCUT2D eigenvalue weighted by molar-refractivity contribution is 6.06. The molecule has 0 atom stereocenters. The number of nitrogens with two attached hydrogens (primary N) is 1. The lowest BCUT2D eigenvalue weighted by Gasteiger charge is -2.10. The molecule has 0 amide bonds. The van der Waals surface area contributed by atoms with Crippen LogP contribution in [0.5, 0.6) is 0 Å². The predicted molar refractivity (Wildman–Crippen MR) is 86.2 cm³/mol. The van der Waals surface area contributed by atoms with Gasteiger partial charge in [0, 0.05) is 23.2 Å². The maximum absolute atomic E-state index is 14.4. The van der Waals surface area contributed by atoms with Crippen molar-refractivity contribution in [1.82, 2.24) is 4.98 Å². The van der Waals surface area contributed by atoms with Crippen LogP contribution >= 0.6 is 0 Å². The van der Waals surface area contributed by atoms with E-state index in [0.29, 0.717) is 22.0 Å². The topological polar surface area (TPSA) is 56.0 Å². The van der Waals surface area contributed by atoms with Crippen LogP contribution in [0.3, 0.4) is 0 Å². The minimum absolute atomic E-state index is 0.217. The maximum atomic E-state index is 14.4. The zero-order chi connectivity index (χ0) is 16.7. The lowest BCUT2D eigenvalue weighted by Crippen LogP contribution is -2.02. The highest BCUT2D eigenvalue weighted by Gasteiger charge is 2.14. The van der Waals surface area contributed by atoms with Gasteiger partial charge >= 0.3 is 0 Å². The molecule has 2 aromatic carbocycles. The van der Waals surface area contributed by atoms with Crippen LogP contribution < -0.4 is 5.73 Å². The van der Waals surface area contributed by atoms with E-state index in [1.165, 1.54) is 37.4 Å². The molecule has 1 aromatic heterocycles. The van der Waals surface area contributed by atoms with Crippen molar-refractivity contribution < 1.29 is 13.6 Å². The number of aryl methyl sites for hydroxylation is 1. The summed E-state index contributed by atoms with van der Waals surface area (Å²) in [7, 11) is 0. The Morgan fingerprint density at radius 3 is 2.52 bits per heavy atom. The predicted octanol–water partition coefficient (Wildman–Crippen LogP) is 4.27. The summed E-state index contributed by atoms with van der Waals surface area (Å²) in [6.07, 6.45) is 1.34. The number of nitrogen functional groups attached to an aromatic ring is 1. The molecule has 0 saturated heterocycles. The number of rotatable bonds is 2. The molecule has 2 N–H and O–H groups in total. The average molecular weight is 312 g/mol. The van der Waals surface area contributed by atoms with E-state index in [1.807, 2.05) is 0 Å². The largest absolute Gasteiger partial charge is 0.398 e. The highest BCUT2D eigenvalue weighted by Crippen LogP contribution is 2.32. The first-order chi connectivity index (χ1) is 10.9. The standard InChI is InChI=1S/C18H14F2N2O/c1-9-3-11(5-12(19)4-9)13-6-14-17(7-16(13)20)22-8-15(10(2)23)18(14)21/h3-8H,1-2H3,(H2,21,22). The molecular formula is C18H14F2N2O. The molecule has 0 aliphatic rings. The number of fused-ring (bicyclic) bond motifs is 1. The van der Waals surface area contributed by atoms with Crippen molar-refractivity contribution in [3.05, 3.63) is 59.3 Å². The molecule has 5 heteroatoms. The molecule has 3 rings (SSSR count). The molecule has 0 fully saturated rings. The van der Waals surface area contributed by atoms with Crippen molar-refractivity contribution in [2.75, 3.05) is 5.73 Å². The van der Waals surface area contributed by atoms with E-state index in [0.717, 1.165) is 0 Å². The molecule has 0 bridgehead atoms. The van der Waals surface area contributed by atoms with Gasteiger partial charge in [-0.1, -0.05) is 6.07 Å². The van der Waals surface area contributed by atoms with Gasteiger partial charge in [0.05, 0.1) is 16.8 Å². The Balaban J connectivity index is 2.31. The highest BCUT2D eigenvalue weighted by atomic mass is 19.1. The third-order valence-corrected chi connectivity index (χ3v) is 3.73. The van der Waals surface area contributed by atoms with Crippen molar-refractivity contribution in [2.24, 2.45) is 0 Å². The Hall–Kier alpha value is -2.82. The van der Waals surface area contributed by atoms with Gasteiger partial charge in [-0.05, 0) is 43.2 Å². The molecule has 0 aliphatic heterocycles. The number of carbonyl (C=O) groups excluding carboxylic acids is 1. The number of pyridine rings is 1. The quantitative estimate of drug-likeness (QED) is 0.719. The molecular weight excluding hydrogens is 298 g/mol. The van der Waals surface area contributed by atoms with Gasteiger partial charge in [0.2, 0.25) is 0 Å². The molecule has 0 unspecified atom stereocenters. The molecule has 3 aromatic rings. The summed E-state index contributed by atoms with van der Waals surface area (Å²) in [6, 6.07) is 7.06. The summed E-state index contributed by atoms with van der Waals surface area (Å²) in [4.78, 5) is 15.7. The van der Waals surface area contributed by atoms with Crippen LogP contribution in [0.4, 0.5) is 14.5 Å². The molecule has 3 nitrogen and oxygen atoms in total. The second kappa shape index (κ2) is 5.43. The number of nitrogens with zero attached hydrogens (tertiary/aromatic N) is 1. The molecule has 0 aliphatic carbocycles. The smallest absolute Gasteiger partial charge is 0.163 e. The van der Waals surface area contributed by atoms with Gasteiger partial charge in [-0.15, -0.1) is 0 Å². The van der Waals surface area contributed by atoms with Crippen LogP contribution in [0, 0.1) is 18.6 Å². The lowest BCUT2D eigenvalue weighted by atomic mass is 9.99. The van der Waals surface area contributed by atoms with Crippen molar-refractivity contribution >= 4 is 22.4 Å².